The molecule has 110 valence electrons. The first kappa shape index (κ1) is 14.9. The molecule has 20 heavy (non-hydrogen) atoms. The van der Waals surface area contributed by atoms with E-state index in [0.29, 0.717) is 6.04 Å². The molecule has 1 fully saturated rings. The fourth-order valence-electron chi connectivity index (χ4n) is 2.78. The molecular formula is C16H25N3O. The van der Waals surface area contributed by atoms with Gasteiger partial charge in [0, 0.05) is 46.8 Å². The van der Waals surface area contributed by atoms with Crippen LogP contribution in [-0.2, 0) is 6.54 Å². The third kappa shape index (κ3) is 3.73. The summed E-state index contributed by atoms with van der Waals surface area (Å²) in [5.41, 5.74) is 1.36. The van der Waals surface area contributed by atoms with E-state index in [-0.39, 0.29) is 6.03 Å². The highest BCUT2D eigenvalue weighted by molar-refractivity contribution is 5.73. The van der Waals surface area contributed by atoms with Crippen molar-refractivity contribution in [2.75, 3.05) is 34.2 Å². The predicted octanol–water partition coefficient (Wildman–Crippen LogP) is 2.26. The average Bonchev–Trinajstić information content (AvgIpc) is 2.47. The molecule has 1 aliphatic rings. The van der Waals surface area contributed by atoms with Crippen molar-refractivity contribution in [1.82, 2.24) is 14.7 Å². The first-order chi connectivity index (χ1) is 9.58. The number of carbonyl (C=O) groups is 1. The second-order valence-corrected chi connectivity index (χ2v) is 5.78. The zero-order valence-corrected chi connectivity index (χ0v) is 12.7. The molecular weight excluding hydrogens is 250 g/mol. The Morgan fingerprint density at radius 3 is 2.30 bits per heavy atom. The standard InChI is InChI=1S/C16H25N3O/c1-17(2)16(20)18(3)15-9-11-19(12-10-15)13-14-7-5-4-6-8-14/h4-8,15H,9-13H2,1-3H3. The number of hydrogen-bond donors (Lipinski definition) is 0. The third-order valence-electron chi connectivity index (χ3n) is 4.04. The minimum atomic E-state index is 0.103. The molecule has 0 saturated carbocycles. The Morgan fingerprint density at radius 1 is 1.15 bits per heavy atom. The van der Waals surface area contributed by atoms with Crippen molar-refractivity contribution in [3.05, 3.63) is 35.9 Å². The number of hydrogen-bond acceptors (Lipinski definition) is 2. The van der Waals surface area contributed by atoms with Crippen LogP contribution in [0, 0.1) is 0 Å². The van der Waals surface area contributed by atoms with Crippen LogP contribution in [0.25, 0.3) is 0 Å². The molecule has 1 aromatic rings. The molecule has 1 heterocycles. The Hall–Kier alpha value is -1.55. The number of carbonyl (C=O) groups excluding carboxylic acids is 1. The lowest BCUT2D eigenvalue weighted by Gasteiger charge is -2.37. The number of rotatable bonds is 3. The summed E-state index contributed by atoms with van der Waals surface area (Å²) in [7, 11) is 5.53. The second kappa shape index (κ2) is 6.75. The second-order valence-electron chi connectivity index (χ2n) is 5.78. The van der Waals surface area contributed by atoms with Gasteiger partial charge in [0.25, 0.3) is 0 Å². The van der Waals surface area contributed by atoms with E-state index in [2.05, 4.69) is 35.2 Å². The normalized spacial score (nSPS) is 16.9. The first-order valence-corrected chi connectivity index (χ1v) is 7.28. The summed E-state index contributed by atoms with van der Waals surface area (Å²) < 4.78 is 0. The van der Waals surface area contributed by atoms with Gasteiger partial charge in [-0.05, 0) is 18.4 Å². The maximum absolute atomic E-state index is 12.0. The van der Waals surface area contributed by atoms with E-state index in [0.717, 1.165) is 32.5 Å². The van der Waals surface area contributed by atoms with Crippen LogP contribution in [0.5, 0.6) is 0 Å². The van der Waals surface area contributed by atoms with E-state index in [9.17, 15) is 4.79 Å². The fourth-order valence-corrected chi connectivity index (χ4v) is 2.78. The Labute approximate surface area is 122 Å². The minimum absolute atomic E-state index is 0.103. The maximum atomic E-state index is 12.0. The predicted molar refractivity (Wildman–Crippen MR) is 81.6 cm³/mol. The van der Waals surface area contributed by atoms with E-state index in [1.54, 1.807) is 4.90 Å². The summed E-state index contributed by atoms with van der Waals surface area (Å²) in [6.07, 6.45) is 2.12. The van der Waals surface area contributed by atoms with E-state index in [4.69, 9.17) is 0 Å². The molecule has 1 aliphatic heterocycles. The molecule has 4 heteroatoms. The van der Waals surface area contributed by atoms with Gasteiger partial charge < -0.3 is 9.80 Å². The zero-order chi connectivity index (χ0) is 14.5. The van der Waals surface area contributed by atoms with Crippen LogP contribution in [0.1, 0.15) is 18.4 Å². The monoisotopic (exact) mass is 275 g/mol. The van der Waals surface area contributed by atoms with E-state index >= 15 is 0 Å². The van der Waals surface area contributed by atoms with Gasteiger partial charge in [0.15, 0.2) is 0 Å². The summed E-state index contributed by atoms with van der Waals surface area (Å²) in [6, 6.07) is 11.1. The molecule has 1 saturated heterocycles. The molecule has 0 spiro atoms. The van der Waals surface area contributed by atoms with E-state index in [1.165, 1.54) is 5.56 Å². The van der Waals surface area contributed by atoms with Crippen molar-refractivity contribution < 1.29 is 4.79 Å². The smallest absolute Gasteiger partial charge is 0.319 e. The quantitative estimate of drug-likeness (QED) is 0.846. The summed E-state index contributed by atoms with van der Waals surface area (Å²) in [4.78, 5) is 18.0. The Kier molecular flexibility index (Phi) is 5.01. The Bertz CT molecular complexity index is 425. The molecule has 0 bridgehead atoms. The molecule has 2 amide bonds. The average molecular weight is 275 g/mol. The van der Waals surface area contributed by atoms with Crippen molar-refractivity contribution in [2.45, 2.75) is 25.4 Å². The molecule has 0 radical (unpaired) electrons. The van der Waals surface area contributed by atoms with Crippen molar-refractivity contribution in [3.63, 3.8) is 0 Å². The number of amides is 2. The topological polar surface area (TPSA) is 26.8 Å². The molecule has 2 rings (SSSR count). The van der Waals surface area contributed by atoms with Crippen molar-refractivity contribution in [3.8, 4) is 0 Å². The van der Waals surface area contributed by atoms with Crippen LogP contribution in [0.15, 0.2) is 30.3 Å². The summed E-state index contributed by atoms with van der Waals surface area (Å²) in [6.45, 7) is 3.13. The molecule has 0 unspecified atom stereocenters. The van der Waals surface area contributed by atoms with Crippen molar-refractivity contribution in [2.24, 2.45) is 0 Å². The van der Waals surface area contributed by atoms with Gasteiger partial charge in [0.2, 0.25) is 0 Å². The lowest BCUT2D eigenvalue weighted by Crippen LogP contribution is -2.48. The van der Waals surface area contributed by atoms with Gasteiger partial charge in [-0.25, -0.2) is 4.79 Å². The maximum Gasteiger partial charge on any atom is 0.319 e. The number of benzene rings is 1. The third-order valence-corrected chi connectivity index (χ3v) is 4.04. The van der Waals surface area contributed by atoms with Crippen LogP contribution in [0.4, 0.5) is 4.79 Å². The highest BCUT2D eigenvalue weighted by Gasteiger charge is 2.25. The van der Waals surface area contributed by atoms with Crippen LogP contribution in [0.3, 0.4) is 0 Å². The van der Waals surface area contributed by atoms with E-state index < -0.39 is 0 Å². The van der Waals surface area contributed by atoms with Gasteiger partial charge >= 0.3 is 6.03 Å². The van der Waals surface area contributed by atoms with Gasteiger partial charge in [0.05, 0.1) is 0 Å². The highest BCUT2D eigenvalue weighted by Crippen LogP contribution is 2.18. The van der Waals surface area contributed by atoms with Crippen LogP contribution in [-0.4, -0.2) is 61.0 Å². The van der Waals surface area contributed by atoms with E-state index in [1.807, 2.05) is 26.0 Å². The Balaban J connectivity index is 1.82. The highest BCUT2D eigenvalue weighted by atomic mass is 16.2. The Morgan fingerprint density at radius 2 is 1.75 bits per heavy atom. The number of piperidine rings is 1. The number of likely N-dealkylation sites (tertiary alicyclic amines) is 1. The van der Waals surface area contributed by atoms with Gasteiger partial charge in [0.1, 0.15) is 0 Å². The lowest BCUT2D eigenvalue weighted by atomic mass is 10.0. The van der Waals surface area contributed by atoms with Crippen LogP contribution < -0.4 is 0 Å². The van der Waals surface area contributed by atoms with Crippen LogP contribution in [0.2, 0.25) is 0 Å². The molecule has 0 aliphatic carbocycles. The summed E-state index contributed by atoms with van der Waals surface area (Å²) in [5.74, 6) is 0. The minimum Gasteiger partial charge on any atom is -0.331 e. The SMILES string of the molecule is CN(C)C(=O)N(C)C1CCN(Cc2ccccc2)CC1. The molecule has 4 nitrogen and oxygen atoms in total. The zero-order valence-electron chi connectivity index (χ0n) is 12.7. The molecule has 0 N–H and O–H groups in total. The summed E-state index contributed by atoms with van der Waals surface area (Å²) >= 11 is 0. The molecule has 0 atom stereocenters. The van der Waals surface area contributed by atoms with Gasteiger partial charge in [-0.2, -0.15) is 0 Å². The summed E-state index contributed by atoms with van der Waals surface area (Å²) in [5, 5.41) is 0. The lowest BCUT2D eigenvalue weighted by molar-refractivity contribution is 0.118. The van der Waals surface area contributed by atoms with Crippen LogP contribution >= 0.6 is 0 Å². The molecule has 0 aromatic heterocycles. The number of nitrogens with zero attached hydrogens (tertiary/aromatic N) is 3. The largest absolute Gasteiger partial charge is 0.331 e. The van der Waals surface area contributed by atoms with Crippen molar-refractivity contribution >= 4 is 6.03 Å². The van der Waals surface area contributed by atoms with Gasteiger partial charge in [-0.3, -0.25) is 4.90 Å². The molecule has 1 aromatic carbocycles. The number of urea groups is 1. The van der Waals surface area contributed by atoms with Gasteiger partial charge in [-0.1, -0.05) is 30.3 Å². The van der Waals surface area contributed by atoms with Gasteiger partial charge in [-0.15, -0.1) is 0 Å². The first-order valence-electron chi connectivity index (χ1n) is 7.28. The fraction of sp³-hybridized carbons (Fsp3) is 0.562. The van der Waals surface area contributed by atoms with Crippen molar-refractivity contribution in [1.29, 1.82) is 0 Å².